The Morgan fingerprint density at radius 1 is 1.17 bits per heavy atom. The number of alkyl halides is 3. The molecule has 1 unspecified atom stereocenters. The van der Waals surface area contributed by atoms with E-state index in [4.69, 9.17) is 0 Å². The van der Waals surface area contributed by atoms with Crippen molar-refractivity contribution in [2.45, 2.75) is 64.8 Å². The first kappa shape index (κ1) is 33.5. The molecular weight excluding hydrogens is 650 g/mol. The lowest BCUT2D eigenvalue weighted by Crippen LogP contribution is -2.40. The topological polar surface area (TPSA) is 128 Å². The Morgan fingerprint density at radius 2 is 1.94 bits per heavy atom. The first-order chi connectivity index (χ1) is 22.3. The number of benzene rings is 1. The maximum absolute atomic E-state index is 13.1. The van der Waals surface area contributed by atoms with Gasteiger partial charge in [-0.2, -0.15) is 23.4 Å². The zero-order valence-corrected chi connectivity index (χ0v) is 28.2. The smallest absolute Gasteiger partial charge is 0.367 e. The van der Waals surface area contributed by atoms with Crippen molar-refractivity contribution in [3.63, 3.8) is 0 Å². The van der Waals surface area contributed by atoms with Crippen LogP contribution in [0.1, 0.15) is 47.9 Å². The number of hydrogen-bond acceptors (Lipinski definition) is 9. The summed E-state index contributed by atoms with van der Waals surface area (Å²) >= 11 is 1.04. The molecule has 0 aliphatic carbocycles. The fourth-order valence-corrected chi connectivity index (χ4v) is 9.50. The molecule has 2 saturated heterocycles. The summed E-state index contributed by atoms with van der Waals surface area (Å²) in [4.78, 5) is 12.1. The highest BCUT2D eigenvalue weighted by atomic mass is 32.2. The quantitative estimate of drug-likeness (QED) is 0.207. The fourth-order valence-electron chi connectivity index (χ4n) is 6.84. The Balaban J connectivity index is 1.12. The minimum Gasteiger partial charge on any atom is -0.367 e. The Morgan fingerprint density at radius 3 is 2.62 bits per heavy atom. The highest BCUT2D eigenvalue weighted by Crippen LogP contribution is 2.35. The number of aryl methyl sites for hydroxylation is 1. The summed E-state index contributed by atoms with van der Waals surface area (Å²) in [6.45, 7) is 7.63. The van der Waals surface area contributed by atoms with E-state index in [0.717, 1.165) is 66.7 Å². The molecule has 2 fully saturated rings. The number of fused-ring (bicyclic) bond motifs is 2. The average molecular weight is 689 g/mol. The number of nitriles is 1. The predicted octanol–water partition coefficient (Wildman–Crippen LogP) is 5.62. The lowest BCUT2D eigenvalue weighted by molar-refractivity contribution is -0.126. The van der Waals surface area contributed by atoms with E-state index >= 15 is 0 Å². The highest BCUT2D eigenvalue weighted by molar-refractivity contribution is 7.89. The van der Waals surface area contributed by atoms with Crippen LogP contribution in [0.2, 0.25) is 0 Å². The Hall–Kier alpha value is -3.45. The van der Waals surface area contributed by atoms with Gasteiger partial charge < -0.3 is 15.2 Å². The third-order valence-electron chi connectivity index (χ3n) is 9.49. The molecule has 47 heavy (non-hydrogen) atoms. The number of nitrogens with one attached hydrogen (secondary N) is 3. The number of hydrogen-bond donors (Lipinski definition) is 3. The van der Waals surface area contributed by atoms with E-state index in [9.17, 15) is 26.9 Å². The molecular formula is C32H39F3N8O2S2. The monoisotopic (exact) mass is 688 g/mol. The van der Waals surface area contributed by atoms with Crippen LogP contribution in [0.15, 0.2) is 24.3 Å². The molecule has 10 nitrogen and oxygen atoms in total. The second-order valence-electron chi connectivity index (χ2n) is 12.8. The van der Waals surface area contributed by atoms with Crippen LogP contribution in [-0.2, 0) is 29.5 Å². The molecule has 252 valence electrons. The van der Waals surface area contributed by atoms with Crippen LogP contribution in [0.4, 0.5) is 24.9 Å². The van der Waals surface area contributed by atoms with Gasteiger partial charge in [-0.15, -0.1) is 11.3 Å². The van der Waals surface area contributed by atoms with Gasteiger partial charge in [0.1, 0.15) is 22.4 Å². The van der Waals surface area contributed by atoms with Gasteiger partial charge in [0.05, 0.1) is 17.6 Å². The zero-order valence-electron chi connectivity index (χ0n) is 26.6. The first-order valence-electron chi connectivity index (χ1n) is 15.9. The predicted molar refractivity (Wildman–Crippen MR) is 179 cm³/mol. The van der Waals surface area contributed by atoms with Gasteiger partial charge in [-0.1, -0.05) is 13.0 Å². The summed E-state index contributed by atoms with van der Waals surface area (Å²) in [6, 6.07) is 10.2. The minimum absolute atomic E-state index is 0.0332. The van der Waals surface area contributed by atoms with Crippen LogP contribution in [0, 0.1) is 30.1 Å². The number of thiophene rings is 1. The lowest BCUT2D eigenvalue weighted by atomic mass is 9.92. The Bertz CT molecular complexity index is 1920. The van der Waals surface area contributed by atoms with Crippen molar-refractivity contribution in [1.29, 1.82) is 5.26 Å². The lowest BCUT2D eigenvalue weighted by Gasteiger charge is -2.33. The van der Waals surface area contributed by atoms with Crippen LogP contribution >= 0.6 is 11.3 Å². The molecule has 0 saturated carbocycles. The van der Waals surface area contributed by atoms with Crippen molar-refractivity contribution in [1.82, 2.24) is 24.2 Å². The van der Waals surface area contributed by atoms with Crippen molar-refractivity contribution in [3.05, 3.63) is 46.0 Å². The summed E-state index contributed by atoms with van der Waals surface area (Å²) in [6.07, 6.45) is -2.79. The summed E-state index contributed by atoms with van der Waals surface area (Å²) < 4.78 is 68.1. The largest absolute Gasteiger partial charge is 0.393 e. The number of piperidine rings is 1. The van der Waals surface area contributed by atoms with Gasteiger partial charge in [-0.25, -0.2) is 18.1 Å². The van der Waals surface area contributed by atoms with Crippen LogP contribution < -0.4 is 15.4 Å². The molecule has 3 aromatic heterocycles. The third kappa shape index (κ3) is 7.51. The number of sulfonamides is 1. The van der Waals surface area contributed by atoms with Crippen LogP contribution in [-0.4, -0.2) is 72.5 Å². The van der Waals surface area contributed by atoms with Crippen molar-refractivity contribution in [3.8, 4) is 6.07 Å². The molecule has 2 atom stereocenters. The molecule has 3 N–H and O–H groups in total. The summed E-state index contributed by atoms with van der Waals surface area (Å²) in [5, 5.41) is 18.0. The molecule has 2 aliphatic heterocycles. The maximum atomic E-state index is 13.1. The van der Waals surface area contributed by atoms with Gasteiger partial charge in [0.25, 0.3) is 0 Å². The standard InChI is InChI=1S/C32H39F3N8O2S2/c1-19(22-6-9-38-47(44,45)18-22)16-43-24(15-36)12-26-20(2)21(4-5-28(26)43)17-42-10-7-23(8-11-42)39-29-27-13-25(14-32(33,34)35)46-30(27)41-31(37-3)40-29/h4-5,12-13,19,22-23,38H,6-11,14,16-18H2,1-3H3,(H2,37,39,40,41)/t19-,22?/m0/s1. The van der Waals surface area contributed by atoms with E-state index in [1.165, 1.54) is 5.56 Å². The molecule has 0 spiro atoms. The molecule has 2 aliphatic rings. The van der Waals surface area contributed by atoms with Crippen molar-refractivity contribution >= 4 is 54.2 Å². The molecule has 4 aromatic rings. The van der Waals surface area contributed by atoms with E-state index in [2.05, 4.69) is 62.3 Å². The SMILES string of the molecule is CNc1nc(NC2CCN(Cc3ccc4c(cc(C#N)n4C[C@H](C)C4CCNS(=O)(=O)C4)c3C)CC2)c2cc(CC(F)(F)F)sc2n1. The fraction of sp³-hybridized carbons (Fsp3) is 0.531. The van der Waals surface area contributed by atoms with Gasteiger partial charge in [0.2, 0.25) is 16.0 Å². The van der Waals surface area contributed by atoms with Gasteiger partial charge in [-0.3, -0.25) is 4.90 Å². The van der Waals surface area contributed by atoms with Crippen molar-refractivity contribution in [2.24, 2.45) is 11.8 Å². The van der Waals surface area contributed by atoms with E-state index in [1.807, 2.05) is 10.6 Å². The Labute approximate surface area is 276 Å². The van der Waals surface area contributed by atoms with Crippen molar-refractivity contribution in [2.75, 3.05) is 43.1 Å². The second-order valence-corrected chi connectivity index (χ2v) is 15.8. The van der Waals surface area contributed by atoms with Crippen LogP contribution in [0.5, 0.6) is 0 Å². The molecule has 0 radical (unpaired) electrons. The summed E-state index contributed by atoms with van der Waals surface area (Å²) in [5.74, 6) is 1.16. The van der Waals surface area contributed by atoms with E-state index in [-0.39, 0.29) is 28.5 Å². The maximum Gasteiger partial charge on any atom is 0.393 e. The van der Waals surface area contributed by atoms with Gasteiger partial charge in [0.15, 0.2) is 0 Å². The van der Waals surface area contributed by atoms with Gasteiger partial charge in [-0.05, 0) is 67.3 Å². The molecule has 0 amide bonds. The normalized spacial score (nSPS) is 20.0. The van der Waals surface area contributed by atoms with Crippen molar-refractivity contribution < 1.29 is 21.6 Å². The third-order valence-corrected chi connectivity index (χ3v) is 12.0. The highest BCUT2D eigenvalue weighted by Gasteiger charge is 2.31. The van der Waals surface area contributed by atoms with Gasteiger partial charge >= 0.3 is 6.18 Å². The Kier molecular flexibility index (Phi) is 9.41. The number of halogens is 3. The number of anilines is 2. The minimum atomic E-state index is -4.29. The molecule has 5 heterocycles. The summed E-state index contributed by atoms with van der Waals surface area (Å²) in [7, 11) is -1.56. The molecule has 15 heteroatoms. The number of rotatable bonds is 9. The molecule has 1 aromatic carbocycles. The number of aromatic nitrogens is 3. The van der Waals surface area contributed by atoms with E-state index in [1.54, 1.807) is 13.1 Å². The second kappa shape index (κ2) is 13.2. The van der Waals surface area contributed by atoms with E-state index < -0.39 is 22.6 Å². The average Bonchev–Trinajstić information content (AvgIpc) is 3.58. The van der Waals surface area contributed by atoms with Crippen LogP contribution in [0.25, 0.3) is 21.1 Å². The van der Waals surface area contributed by atoms with Gasteiger partial charge in [0, 0.05) is 61.6 Å². The summed E-state index contributed by atoms with van der Waals surface area (Å²) in [5.41, 5.74) is 3.88. The first-order valence-corrected chi connectivity index (χ1v) is 18.3. The molecule has 6 rings (SSSR count). The number of nitrogens with zero attached hydrogens (tertiary/aromatic N) is 5. The zero-order chi connectivity index (χ0) is 33.5. The van der Waals surface area contributed by atoms with Crippen LogP contribution in [0.3, 0.4) is 0 Å². The van der Waals surface area contributed by atoms with E-state index in [0.29, 0.717) is 40.8 Å². The number of likely N-dealkylation sites (tertiary alicyclic amines) is 1. The molecule has 0 bridgehead atoms.